The summed E-state index contributed by atoms with van der Waals surface area (Å²) < 4.78 is 0. The molecule has 0 saturated carbocycles. The van der Waals surface area contributed by atoms with Crippen molar-refractivity contribution in [3.05, 3.63) is 18.3 Å². The summed E-state index contributed by atoms with van der Waals surface area (Å²) in [6.07, 6.45) is 2.52. The fraction of sp³-hybridized carbons (Fsp3) is 0.588. The molecule has 1 aromatic rings. The summed E-state index contributed by atoms with van der Waals surface area (Å²) in [5.41, 5.74) is -1.02. The Labute approximate surface area is 142 Å². The number of likely N-dealkylation sites (tertiary alicyclic amines) is 1. The first kappa shape index (κ1) is 18.2. The van der Waals surface area contributed by atoms with Crippen LogP contribution in [0.25, 0.3) is 0 Å². The van der Waals surface area contributed by atoms with Crippen molar-refractivity contribution in [1.29, 1.82) is 0 Å². The lowest BCUT2D eigenvalue weighted by molar-refractivity contribution is -0.146. The van der Waals surface area contributed by atoms with Crippen LogP contribution in [-0.2, 0) is 9.59 Å². The second kappa shape index (κ2) is 7.61. The van der Waals surface area contributed by atoms with Crippen LogP contribution in [0.5, 0.6) is 0 Å². The number of hydrogen-bond donors (Lipinski definition) is 2. The number of rotatable bonds is 5. The van der Waals surface area contributed by atoms with Crippen LogP contribution in [0.4, 0.5) is 11.5 Å². The molecule has 0 radical (unpaired) electrons. The van der Waals surface area contributed by atoms with E-state index in [2.05, 4.69) is 29.0 Å². The predicted molar refractivity (Wildman–Crippen MR) is 92.9 cm³/mol. The van der Waals surface area contributed by atoms with Crippen LogP contribution in [-0.4, -0.2) is 58.6 Å². The first-order valence-electron chi connectivity index (χ1n) is 8.40. The van der Waals surface area contributed by atoms with E-state index in [1.165, 1.54) is 11.8 Å². The van der Waals surface area contributed by atoms with Crippen molar-refractivity contribution in [3.8, 4) is 0 Å². The van der Waals surface area contributed by atoms with Gasteiger partial charge in [0, 0.05) is 26.6 Å². The van der Waals surface area contributed by atoms with E-state index >= 15 is 0 Å². The highest BCUT2D eigenvalue weighted by molar-refractivity contribution is 5.97. The van der Waals surface area contributed by atoms with Gasteiger partial charge < -0.3 is 20.2 Å². The summed E-state index contributed by atoms with van der Waals surface area (Å²) in [5.74, 6) is 0.217. The Bertz CT molecular complexity index is 586. The molecular weight excluding hydrogens is 308 g/mol. The SMILES string of the molecule is CCN(CC)c1ccc(NC(=O)C2(O)CCCN(C(C)=O)C2)cn1. The van der Waals surface area contributed by atoms with Crippen molar-refractivity contribution >= 4 is 23.3 Å². The molecule has 1 aromatic heterocycles. The Balaban J connectivity index is 2.04. The molecule has 1 aliphatic heterocycles. The number of piperidine rings is 1. The normalized spacial score (nSPS) is 20.6. The minimum absolute atomic E-state index is 0.0269. The highest BCUT2D eigenvalue weighted by Gasteiger charge is 2.41. The van der Waals surface area contributed by atoms with Crippen molar-refractivity contribution in [3.63, 3.8) is 0 Å². The van der Waals surface area contributed by atoms with Crippen molar-refractivity contribution < 1.29 is 14.7 Å². The summed E-state index contributed by atoms with van der Waals surface area (Å²) in [7, 11) is 0. The maximum atomic E-state index is 12.5. The van der Waals surface area contributed by atoms with Crippen molar-refractivity contribution in [2.24, 2.45) is 0 Å². The zero-order valence-corrected chi connectivity index (χ0v) is 14.6. The van der Waals surface area contributed by atoms with Gasteiger partial charge in [0.15, 0.2) is 5.60 Å². The van der Waals surface area contributed by atoms with Gasteiger partial charge in [0.2, 0.25) is 5.91 Å². The summed E-state index contributed by atoms with van der Waals surface area (Å²) in [4.78, 5) is 31.9. The number of nitrogens with one attached hydrogen (secondary N) is 1. The quantitative estimate of drug-likeness (QED) is 0.846. The number of carbonyl (C=O) groups is 2. The molecule has 2 amide bonds. The predicted octanol–water partition coefficient (Wildman–Crippen LogP) is 1.24. The number of aromatic nitrogens is 1. The average molecular weight is 334 g/mol. The van der Waals surface area contributed by atoms with Gasteiger partial charge in [-0.15, -0.1) is 0 Å². The van der Waals surface area contributed by atoms with Crippen LogP contribution in [0.1, 0.15) is 33.6 Å². The molecule has 0 bridgehead atoms. The maximum absolute atomic E-state index is 12.5. The van der Waals surface area contributed by atoms with Crippen LogP contribution in [0, 0.1) is 0 Å². The minimum Gasteiger partial charge on any atom is -0.378 e. The summed E-state index contributed by atoms with van der Waals surface area (Å²) >= 11 is 0. The van der Waals surface area contributed by atoms with Crippen LogP contribution in [0.15, 0.2) is 18.3 Å². The smallest absolute Gasteiger partial charge is 0.258 e. The van der Waals surface area contributed by atoms with E-state index in [-0.39, 0.29) is 12.5 Å². The third-order valence-corrected chi connectivity index (χ3v) is 4.43. The van der Waals surface area contributed by atoms with Gasteiger partial charge in [0.25, 0.3) is 5.91 Å². The summed E-state index contributed by atoms with van der Waals surface area (Å²) in [6.45, 7) is 7.87. The maximum Gasteiger partial charge on any atom is 0.258 e. The highest BCUT2D eigenvalue weighted by atomic mass is 16.3. The van der Waals surface area contributed by atoms with E-state index in [0.29, 0.717) is 25.1 Å². The lowest BCUT2D eigenvalue weighted by Crippen LogP contribution is -2.56. The summed E-state index contributed by atoms with van der Waals surface area (Å²) in [6, 6.07) is 3.61. The zero-order chi connectivity index (χ0) is 17.7. The Morgan fingerprint density at radius 2 is 2.08 bits per heavy atom. The molecule has 7 heteroatoms. The highest BCUT2D eigenvalue weighted by Crippen LogP contribution is 2.23. The standard InChI is InChI=1S/C17H26N4O3/c1-4-20(5-2)15-8-7-14(11-18-15)19-16(23)17(24)9-6-10-21(12-17)13(3)22/h7-8,11,24H,4-6,9-10,12H2,1-3H3,(H,19,23). The second-order valence-corrected chi connectivity index (χ2v) is 6.11. The molecule has 1 fully saturated rings. The second-order valence-electron chi connectivity index (χ2n) is 6.11. The van der Waals surface area contributed by atoms with Crippen molar-refractivity contribution in [1.82, 2.24) is 9.88 Å². The average Bonchev–Trinajstić information content (AvgIpc) is 2.57. The molecule has 2 rings (SSSR count). The topological polar surface area (TPSA) is 85.8 Å². The Kier molecular flexibility index (Phi) is 5.77. The van der Waals surface area contributed by atoms with E-state index in [9.17, 15) is 14.7 Å². The minimum atomic E-state index is -1.55. The Hall–Kier alpha value is -2.15. The molecule has 1 unspecified atom stereocenters. The molecule has 0 spiro atoms. The number of carbonyl (C=O) groups excluding carboxylic acids is 2. The number of anilines is 2. The van der Waals surface area contributed by atoms with Crippen LogP contribution >= 0.6 is 0 Å². The Morgan fingerprint density at radius 1 is 1.38 bits per heavy atom. The molecule has 1 aliphatic rings. The molecule has 1 atom stereocenters. The van der Waals surface area contributed by atoms with E-state index in [1.54, 1.807) is 12.3 Å². The van der Waals surface area contributed by atoms with Gasteiger partial charge in [-0.1, -0.05) is 0 Å². The van der Waals surface area contributed by atoms with Crippen LogP contribution in [0.3, 0.4) is 0 Å². The lowest BCUT2D eigenvalue weighted by Gasteiger charge is -2.37. The van der Waals surface area contributed by atoms with Gasteiger partial charge in [-0.3, -0.25) is 9.59 Å². The molecule has 0 aromatic carbocycles. The van der Waals surface area contributed by atoms with E-state index < -0.39 is 11.5 Å². The molecule has 1 saturated heterocycles. The fourth-order valence-corrected chi connectivity index (χ4v) is 2.93. The monoisotopic (exact) mass is 334 g/mol. The van der Waals surface area contributed by atoms with E-state index in [0.717, 1.165) is 18.9 Å². The third-order valence-electron chi connectivity index (χ3n) is 4.43. The van der Waals surface area contributed by atoms with Crippen molar-refractivity contribution in [2.75, 3.05) is 36.4 Å². The van der Waals surface area contributed by atoms with Gasteiger partial charge >= 0.3 is 0 Å². The van der Waals surface area contributed by atoms with Gasteiger partial charge in [-0.25, -0.2) is 4.98 Å². The third kappa shape index (κ3) is 4.03. The molecule has 7 nitrogen and oxygen atoms in total. The molecular formula is C17H26N4O3. The number of pyridine rings is 1. The van der Waals surface area contributed by atoms with Gasteiger partial charge in [-0.2, -0.15) is 0 Å². The number of aliphatic hydroxyl groups is 1. The first-order chi connectivity index (χ1) is 11.4. The van der Waals surface area contributed by atoms with E-state index in [1.807, 2.05) is 6.07 Å². The van der Waals surface area contributed by atoms with Gasteiger partial charge in [-0.05, 0) is 38.8 Å². The van der Waals surface area contributed by atoms with Gasteiger partial charge in [0.1, 0.15) is 5.82 Å². The first-order valence-corrected chi connectivity index (χ1v) is 8.40. The molecule has 2 heterocycles. The van der Waals surface area contributed by atoms with Crippen LogP contribution in [0.2, 0.25) is 0 Å². The number of β-amino-alcohol motifs (C(OH)–C–C–N with tert-alkyl or cyclic N) is 1. The number of hydrogen-bond acceptors (Lipinski definition) is 5. The molecule has 0 aliphatic carbocycles. The fourth-order valence-electron chi connectivity index (χ4n) is 2.93. The molecule has 132 valence electrons. The van der Waals surface area contributed by atoms with Crippen LogP contribution < -0.4 is 10.2 Å². The number of amides is 2. The van der Waals surface area contributed by atoms with E-state index in [4.69, 9.17) is 0 Å². The number of nitrogens with zero attached hydrogens (tertiary/aromatic N) is 3. The summed E-state index contributed by atoms with van der Waals surface area (Å²) in [5, 5.41) is 13.3. The largest absolute Gasteiger partial charge is 0.378 e. The Morgan fingerprint density at radius 3 is 2.62 bits per heavy atom. The zero-order valence-electron chi connectivity index (χ0n) is 14.6. The molecule has 2 N–H and O–H groups in total. The molecule has 24 heavy (non-hydrogen) atoms. The lowest BCUT2D eigenvalue weighted by atomic mass is 9.91. The van der Waals surface area contributed by atoms with Gasteiger partial charge in [0.05, 0.1) is 18.4 Å². The van der Waals surface area contributed by atoms with Crippen molar-refractivity contribution in [2.45, 2.75) is 39.2 Å².